The van der Waals surface area contributed by atoms with Crippen LogP contribution in [0.15, 0.2) is 29.3 Å². The number of fused-ring (bicyclic) bond motifs is 3. The zero-order valence-electron chi connectivity index (χ0n) is 14.8. The summed E-state index contributed by atoms with van der Waals surface area (Å²) in [6.45, 7) is 4.81. The third-order valence-corrected chi connectivity index (χ3v) is 6.22. The third-order valence-electron chi connectivity index (χ3n) is 5.06. The number of methoxy groups -OCH3 is 1. The lowest BCUT2D eigenvalue weighted by Gasteiger charge is -2.17. The first-order chi connectivity index (χ1) is 12.1. The van der Waals surface area contributed by atoms with Crippen LogP contribution in [-0.2, 0) is 19.4 Å². The molecule has 1 aliphatic carbocycles. The van der Waals surface area contributed by atoms with Crippen LogP contribution in [0.3, 0.4) is 0 Å². The van der Waals surface area contributed by atoms with Crippen LogP contribution in [0.1, 0.15) is 34.9 Å². The summed E-state index contributed by atoms with van der Waals surface area (Å²) in [4.78, 5) is 19.9. The van der Waals surface area contributed by atoms with Gasteiger partial charge in [-0.25, -0.2) is 4.98 Å². The number of benzene rings is 1. The Morgan fingerprint density at radius 1 is 1.40 bits per heavy atom. The highest BCUT2D eigenvalue weighted by Crippen LogP contribution is 2.35. The Hall–Kier alpha value is -2.14. The van der Waals surface area contributed by atoms with E-state index in [2.05, 4.69) is 18.0 Å². The van der Waals surface area contributed by atoms with Gasteiger partial charge in [0.25, 0.3) is 5.56 Å². The van der Waals surface area contributed by atoms with Crippen molar-refractivity contribution < 1.29 is 4.74 Å². The van der Waals surface area contributed by atoms with E-state index in [1.165, 1.54) is 10.4 Å². The maximum atomic E-state index is 13.1. The largest absolute Gasteiger partial charge is 0.496 e. The van der Waals surface area contributed by atoms with Gasteiger partial charge in [0.1, 0.15) is 10.6 Å². The van der Waals surface area contributed by atoms with Crippen LogP contribution in [0, 0.1) is 12.8 Å². The molecule has 4 nitrogen and oxygen atoms in total. The van der Waals surface area contributed by atoms with Gasteiger partial charge in [-0.2, -0.15) is 0 Å². The first-order valence-corrected chi connectivity index (χ1v) is 9.51. The number of hydrogen-bond acceptors (Lipinski definition) is 4. The minimum Gasteiger partial charge on any atom is -0.496 e. The Morgan fingerprint density at radius 2 is 2.24 bits per heavy atom. The van der Waals surface area contributed by atoms with E-state index < -0.39 is 0 Å². The molecule has 0 amide bonds. The number of aromatic nitrogens is 2. The molecule has 1 aromatic carbocycles. The molecule has 2 aromatic heterocycles. The van der Waals surface area contributed by atoms with Gasteiger partial charge in [0, 0.05) is 10.4 Å². The van der Waals surface area contributed by atoms with Gasteiger partial charge in [-0.1, -0.05) is 24.6 Å². The molecule has 25 heavy (non-hydrogen) atoms. The molecule has 0 fully saturated rings. The van der Waals surface area contributed by atoms with E-state index in [1.807, 2.05) is 19.1 Å². The smallest absolute Gasteiger partial charge is 0.262 e. The Balaban J connectivity index is 1.80. The second kappa shape index (κ2) is 6.30. The minimum absolute atomic E-state index is 0.0700. The highest BCUT2D eigenvalue weighted by atomic mass is 32.1. The molecule has 4 rings (SSSR count). The third kappa shape index (κ3) is 2.86. The lowest BCUT2D eigenvalue weighted by atomic mass is 9.89. The molecule has 3 aromatic rings. The monoisotopic (exact) mass is 354 g/mol. The molecule has 1 atom stereocenters. The van der Waals surface area contributed by atoms with Gasteiger partial charge < -0.3 is 4.74 Å². The summed E-state index contributed by atoms with van der Waals surface area (Å²) in [7, 11) is 1.66. The fraction of sp³-hybridized carbons (Fsp3) is 0.400. The lowest BCUT2D eigenvalue weighted by Crippen LogP contribution is -2.22. The molecule has 0 bridgehead atoms. The second-order valence-electron chi connectivity index (χ2n) is 7.02. The second-order valence-corrected chi connectivity index (χ2v) is 8.11. The zero-order chi connectivity index (χ0) is 17.6. The van der Waals surface area contributed by atoms with Crippen LogP contribution in [0.5, 0.6) is 5.75 Å². The predicted molar refractivity (Wildman–Crippen MR) is 102 cm³/mol. The summed E-state index contributed by atoms with van der Waals surface area (Å²) >= 11 is 1.69. The van der Waals surface area contributed by atoms with Gasteiger partial charge >= 0.3 is 0 Å². The fourth-order valence-electron chi connectivity index (χ4n) is 3.69. The number of thiophene rings is 1. The highest BCUT2D eigenvalue weighted by Gasteiger charge is 2.23. The van der Waals surface area contributed by atoms with Gasteiger partial charge in [-0.05, 0) is 43.7 Å². The van der Waals surface area contributed by atoms with Crippen LogP contribution < -0.4 is 10.3 Å². The summed E-state index contributed by atoms with van der Waals surface area (Å²) in [5.41, 5.74) is 3.46. The van der Waals surface area contributed by atoms with E-state index in [0.29, 0.717) is 12.5 Å². The standard InChI is InChI=1S/C20H22N2O2S/c1-12-5-7-16(24-3)14(8-12)10-22-11-21-19-18(20(22)23)15-6-4-13(2)9-17(15)25-19/h5,7-8,11,13H,4,6,9-10H2,1-3H3/t13-/m0/s1. The molecule has 130 valence electrons. The quantitative estimate of drug-likeness (QED) is 0.715. The van der Waals surface area contributed by atoms with Crippen LogP contribution in [-0.4, -0.2) is 16.7 Å². The van der Waals surface area contributed by atoms with Crippen LogP contribution in [0.2, 0.25) is 0 Å². The summed E-state index contributed by atoms with van der Waals surface area (Å²) in [5.74, 6) is 1.50. The van der Waals surface area contributed by atoms with Gasteiger partial charge in [0.2, 0.25) is 0 Å². The topological polar surface area (TPSA) is 44.1 Å². The van der Waals surface area contributed by atoms with E-state index in [0.717, 1.165) is 46.4 Å². The Labute approximate surface area is 151 Å². The number of hydrogen-bond donors (Lipinski definition) is 0. The number of rotatable bonds is 3. The average Bonchev–Trinajstić information content (AvgIpc) is 2.95. The van der Waals surface area contributed by atoms with Crippen molar-refractivity contribution in [3.05, 3.63) is 56.4 Å². The van der Waals surface area contributed by atoms with Crippen molar-refractivity contribution in [2.45, 2.75) is 39.7 Å². The van der Waals surface area contributed by atoms with E-state index in [-0.39, 0.29) is 5.56 Å². The normalized spacial score (nSPS) is 16.8. The van der Waals surface area contributed by atoms with Crippen LogP contribution in [0.25, 0.3) is 10.2 Å². The first kappa shape index (κ1) is 16.3. The summed E-state index contributed by atoms with van der Waals surface area (Å²) in [6, 6.07) is 6.04. The molecule has 0 unspecified atom stereocenters. The molecule has 0 N–H and O–H groups in total. The molecule has 0 saturated heterocycles. The Kier molecular flexibility index (Phi) is 4.12. The van der Waals surface area contributed by atoms with Crippen molar-refractivity contribution in [1.29, 1.82) is 0 Å². The molecule has 0 saturated carbocycles. The Bertz CT molecular complexity index is 1000. The number of ether oxygens (including phenoxy) is 1. The SMILES string of the molecule is COc1ccc(C)cc1Cn1cnc2sc3c(c2c1=O)CC[C@H](C)C3. The molecule has 1 aliphatic rings. The van der Waals surface area contributed by atoms with Crippen molar-refractivity contribution in [3.63, 3.8) is 0 Å². The summed E-state index contributed by atoms with van der Waals surface area (Å²) in [6.07, 6.45) is 4.89. The van der Waals surface area contributed by atoms with Crippen LogP contribution >= 0.6 is 11.3 Å². The van der Waals surface area contributed by atoms with Gasteiger partial charge in [-0.15, -0.1) is 11.3 Å². The van der Waals surface area contributed by atoms with Gasteiger partial charge in [0.15, 0.2) is 0 Å². The molecule has 5 heteroatoms. The predicted octanol–water partition coefficient (Wildman–Crippen LogP) is 3.95. The number of aryl methyl sites for hydroxylation is 2. The zero-order valence-corrected chi connectivity index (χ0v) is 15.7. The maximum Gasteiger partial charge on any atom is 0.262 e. The molecular weight excluding hydrogens is 332 g/mol. The fourth-order valence-corrected chi connectivity index (χ4v) is 5.03. The minimum atomic E-state index is 0.0700. The van der Waals surface area contributed by atoms with E-state index in [1.54, 1.807) is 29.3 Å². The van der Waals surface area contributed by atoms with Crippen molar-refractivity contribution in [2.24, 2.45) is 5.92 Å². The average molecular weight is 354 g/mol. The van der Waals surface area contributed by atoms with Crippen molar-refractivity contribution in [3.8, 4) is 5.75 Å². The van der Waals surface area contributed by atoms with Gasteiger partial charge in [-0.3, -0.25) is 9.36 Å². The summed E-state index contributed by atoms with van der Waals surface area (Å²) < 4.78 is 7.17. The van der Waals surface area contributed by atoms with E-state index in [4.69, 9.17) is 4.74 Å². The highest BCUT2D eigenvalue weighted by molar-refractivity contribution is 7.18. The first-order valence-electron chi connectivity index (χ1n) is 8.70. The molecule has 0 radical (unpaired) electrons. The lowest BCUT2D eigenvalue weighted by molar-refractivity contribution is 0.408. The van der Waals surface area contributed by atoms with Crippen molar-refractivity contribution in [2.75, 3.05) is 7.11 Å². The number of nitrogens with zero attached hydrogens (tertiary/aromatic N) is 2. The molecular formula is C20H22N2O2S. The van der Waals surface area contributed by atoms with Crippen molar-refractivity contribution >= 4 is 21.6 Å². The van der Waals surface area contributed by atoms with E-state index >= 15 is 0 Å². The molecule has 2 heterocycles. The molecule has 0 aliphatic heterocycles. The van der Waals surface area contributed by atoms with Crippen molar-refractivity contribution in [1.82, 2.24) is 9.55 Å². The van der Waals surface area contributed by atoms with E-state index in [9.17, 15) is 4.79 Å². The van der Waals surface area contributed by atoms with Gasteiger partial charge in [0.05, 0.1) is 25.4 Å². The van der Waals surface area contributed by atoms with Crippen LogP contribution in [0.4, 0.5) is 0 Å². The summed E-state index contributed by atoms with van der Waals surface area (Å²) in [5, 5.41) is 0.834. The molecule has 0 spiro atoms. The Morgan fingerprint density at radius 3 is 3.04 bits per heavy atom. The maximum absolute atomic E-state index is 13.1.